The predicted molar refractivity (Wildman–Crippen MR) is 117 cm³/mol. The summed E-state index contributed by atoms with van der Waals surface area (Å²) < 4.78 is 45.8. The molecule has 172 valence electrons. The van der Waals surface area contributed by atoms with Gasteiger partial charge in [-0.25, -0.2) is 0 Å². The minimum atomic E-state index is -4.86. The van der Waals surface area contributed by atoms with Gasteiger partial charge in [-0.3, -0.25) is 19.1 Å². The fourth-order valence-corrected chi connectivity index (χ4v) is 3.80. The molecular weight excluding hydrogens is 435 g/mol. The quantitative estimate of drug-likeness (QED) is 0.637. The SMILES string of the molecule is NC(=O)c1cn(-c2ccc(-c3ccc(CN4CCOCC4)cc3)cc2)c(=O)cc1C(F)(F)F. The van der Waals surface area contributed by atoms with Crippen molar-refractivity contribution in [3.63, 3.8) is 0 Å². The molecule has 0 saturated carbocycles. The standard InChI is InChI=1S/C24H22F3N3O3/c25-24(26,27)21-13-22(31)30(15-20(21)23(28)32)19-7-5-18(6-8-19)17-3-1-16(2-4-17)14-29-9-11-33-12-10-29/h1-8,13,15H,9-12,14H2,(H2,28,32). The number of hydrogen-bond donors (Lipinski definition) is 1. The van der Waals surface area contributed by atoms with Crippen molar-refractivity contribution < 1.29 is 22.7 Å². The summed E-state index contributed by atoms with van der Waals surface area (Å²) in [5.41, 5.74) is 5.46. The molecule has 6 nitrogen and oxygen atoms in total. The van der Waals surface area contributed by atoms with E-state index in [-0.39, 0.29) is 0 Å². The summed E-state index contributed by atoms with van der Waals surface area (Å²) in [5, 5.41) is 0. The van der Waals surface area contributed by atoms with E-state index in [1.54, 1.807) is 24.3 Å². The number of carbonyl (C=O) groups excluding carboxylic acids is 1. The van der Waals surface area contributed by atoms with Crippen LogP contribution >= 0.6 is 0 Å². The van der Waals surface area contributed by atoms with Gasteiger partial charge in [-0.15, -0.1) is 0 Å². The molecule has 1 aliphatic heterocycles. The molecule has 0 atom stereocenters. The van der Waals surface area contributed by atoms with Crippen LogP contribution in [-0.4, -0.2) is 41.7 Å². The number of primary amides is 1. The lowest BCUT2D eigenvalue weighted by atomic mass is 10.0. The Balaban J connectivity index is 1.56. The van der Waals surface area contributed by atoms with Crippen LogP contribution in [0.1, 0.15) is 21.5 Å². The molecule has 3 aromatic rings. The van der Waals surface area contributed by atoms with Crippen LogP contribution in [0.3, 0.4) is 0 Å². The first-order valence-corrected chi connectivity index (χ1v) is 10.4. The van der Waals surface area contributed by atoms with Crippen LogP contribution in [0.15, 0.2) is 65.6 Å². The first-order valence-electron chi connectivity index (χ1n) is 10.4. The number of rotatable bonds is 5. The van der Waals surface area contributed by atoms with Crippen molar-refractivity contribution >= 4 is 5.91 Å². The number of amides is 1. The summed E-state index contributed by atoms with van der Waals surface area (Å²) in [6, 6.07) is 15.2. The molecule has 9 heteroatoms. The Morgan fingerprint density at radius 3 is 2.09 bits per heavy atom. The molecule has 1 fully saturated rings. The van der Waals surface area contributed by atoms with Gasteiger partial charge in [0.15, 0.2) is 0 Å². The molecule has 1 aliphatic rings. The lowest BCUT2D eigenvalue weighted by Gasteiger charge is -2.26. The van der Waals surface area contributed by atoms with Crippen molar-refractivity contribution in [1.29, 1.82) is 0 Å². The summed E-state index contributed by atoms with van der Waals surface area (Å²) in [6.45, 7) is 4.15. The van der Waals surface area contributed by atoms with Crippen molar-refractivity contribution in [3.8, 4) is 16.8 Å². The van der Waals surface area contributed by atoms with E-state index in [1.165, 1.54) is 5.56 Å². The number of benzene rings is 2. The first-order chi connectivity index (χ1) is 15.7. The molecule has 2 heterocycles. The van der Waals surface area contributed by atoms with E-state index in [0.717, 1.165) is 54.7 Å². The Labute approximate surface area is 188 Å². The van der Waals surface area contributed by atoms with Crippen molar-refractivity contribution in [2.75, 3.05) is 26.3 Å². The monoisotopic (exact) mass is 457 g/mol. The van der Waals surface area contributed by atoms with Crippen LogP contribution in [-0.2, 0) is 17.5 Å². The molecule has 0 bridgehead atoms. The normalized spacial score (nSPS) is 14.9. The van der Waals surface area contributed by atoms with Gasteiger partial charge < -0.3 is 10.5 Å². The van der Waals surface area contributed by atoms with E-state index < -0.39 is 28.8 Å². The van der Waals surface area contributed by atoms with Gasteiger partial charge in [-0.1, -0.05) is 36.4 Å². The number of carbonyl (C=O) groups is 1. The minimum Gasteiger partial charge on any atom is -0.379 e. The van der Waals surface area contributed by atoms with Crippen LogP contribution in [0.25, 0.3) is 16.8 Å². The first kappa shape index (κ1) is 22.8. The molecule has 2 N–H and O–H groups in total. The fourth-order valence-electron chi connectivity index (χ4n) is 3.80. The molecular formula is C24H22F3N3O3. The summed E-state index contributed by atoms with van der Waals surface area (Å²) in [5.74, 6) is -1.26. The van der Waals surface area contributed by atoms with Gasteiger partial charge in [0.25, 0.3) is 11.5 Å². The van der Waals surface area contributed by atoms with E-state index in [2.05, 4.69) is 17.0 Å². The van der Waals surface area contributed by atoms with Crippen molar-refractivity contribution in [2.45, 2.75) is 12.7 Å². The minimum absolute atomic E-state index is 0.323. The zero-order chi connectivity index (χ0) is 23.6. The third kappa shape index (κ3) is 5.15. The van der Waals surface area contributed by atoms with Crippen molar-refractivity contribution in [3.05, 3.63) is 87.8 Å². The van der Waals surface area contributed by atoms with Gasteiger partial charge in [0, 0.05) is 37.6 Å². The molecule has 2 aromatic carbocycles. The average Bonchev–Trinajstić information content (AvgIpc) is 2.79. The van der Waals surface area contributed by atoms with E-state index >= 15 is 0 Å². The summed E-state index contributed by atoms with van der Waals surface area (Å²) in [6.07, 6.45) is -4.02. The number of halogens is 3. The number of pyridine rings is 1. The van der Waals surface area contributed by atoms with Crippen LogP contribution in [0, 0.1) is 0 Å². The van der Waals surface area contributed by atoms with Crippen LogP contribution in [0.4, 0.5) is 13.2 Å². The maximum atomic E-state index is 13.2. The van der Waals surface area contributed by atoms with Crippen molar-refractivity contribution in [1.82, 2.24) is 9.47 Å². The zero-order valence-electron chi connectivity index (χ0n) is 17.6. The van der Waals surface area contributed by atoms with Gasteiger partial charge in [0.05, 0.1) is 24.3 Å². The molecule has 0 aliphatic carbocycles. The molecule has 1 amide bonds. The van der Waals surface area contributed by atoms with E-state index in [4.69, 9.17) is 10.5 Å². The van der Waals surface area contributed by atoms with Crippen LogP contribution in [0.5, 0.6) is 0 Å². The number of ether oxygens (including phenoxy) is 1. The number of nitrogens with two attached hydrogens (primary N) is 1. The second-order valence-corrected chi connectivity index (χ2v) is 7.80. The van der Waals surface area contributed by atoms with Gasteiger partial charge in [0.1, 0.15) is 0 Å². The van der Waals surface area contributed by atoms with Gasteiger partial charge >= 0.3 is 6.18 Å². The highest BCUT2D eigenvalue weighted by molar-refractivity contribution is 5.94. The number of alkyl halides is 3. The number of hydrogen-bond acceptors (Lipinski definition) is 4. The average molecular weight is 457 g/mol. The van der Waals surface area contributed by atoms with Gasteiger partial charge in [-0.2, -0.15) is 13.2 Å². The maximum absolute atomic E-state index is 13.2. The lowest BCUT2D eigenvalue weighted by molar-refractivity contribution is -0.138. The fraction of sp³-hybridized carbons (Fsp3) is 0.250. The Hall–Kier alpha value is -3.43. The van der Waals surface area contributed by atoms with E-state index in [9.17, 15) is 22.8 Å². The van der Waals surface area contributed by atoms with E-state index in [1.807, 2.05) is 12.1 Å². The highest BCUT2D eigenvalue weighted by Crippen LogP contribution is 2.31. The zero-order valence-corrected chi connectivity index (χ0v) is 17.6. The largest absolute Gasteiger partial charge is 0.417 e. The third-order valence-electron chi connectivity index (χ3n) is 5.57. The molecule has 33 heavy (non-hydrogen) atoms. The Morgan fingerprint density at radius 2 is 1.55 bits per heavy atom. The Bertz CT molecular complexity index is 1200. The Morgan fingerprint density at radius 1 is 0.970 bits per heavy atom. The molecule has 0 spiro atoms. The summed E-state index contributed by atoms with van der Waals surface area (Å²) in [4.78, 5) is 26.2. The molecule has 1 aromatic heterocycles. The number of nitrogens with zero attached hydrogens (tertiary/aromatic N) is 2. The summed E-state index contributed by atoms with van der Waals surface area (Å²) >= 11 is 0. The maximum Gasteiger partial charge on any atom is 0.417 e. The Kier molecular flexibility index (Phi) is 6.35. The third-order valence-corrected chi connectivity index (χ3v) is 5.57. The second-order valence-electron chi connectivity index (χ2n) is 7.80. The number of morpholine rings is 1. The predicted octanol–water partition coefficient (Wildman–Crippen LogP) is 3.45. The molecule has 0 unspecified atom stereocenters. The number of aromatic nitrogens is 1. The highest BCUT2D eigenvalue weighted by atomic mass is 19.4. The smallest absolute Gasteiger partial charge is 0.379 e. The van der Waals surface area contributed by atoms with E-state index in [0.29, 0.717) is 11.8 Å². The highest BCUT2D eigenvalue weighted by Gasteiger charge is 2.36. The lowest BCUT2D eigenvalue weighted by Crippen LogP contribution is -2.35. The molecule has 0 radical (unpaired) electrons. The van der Waals surface area contributed by atoms with Gasteiger partial charge in [0.2, 0.25) is 0 Å². The topological polar surface area (TPSA) is 77.6 Å². The second kappa shape index (κ2) is 9.21. The summed E-state index contributed by atoms with van der Waals surface area (Å²) in [7, 11) is 0. The van der Waals surface area contributed by atoms with Gasteiger partial charge in [-0.05, 0) is 28.8 Å². The van der Waals surface area contributed by atoms with Crippen LogP contribution in [0.2, 0.25) is 0 Å². The van der Waals surface area contributed by atoms with Crippen molar-refractivity contribution in [2.24, 2.45) is 5.73 Å². The molecule has 4 rings (SSSR count). The molecule has 1 saturated heterocycles. The van der Waals surface area contributed by atoms with Crippen LogP contribution < -0.4 is 11.3 Å².